The fourth-order valence-corrected chi connectivity index (χ4v) is 3.39. The Kier molecular flexibility index (Phi) is 7.41. The number of halogens is 3. The number of carbonyl (C=O) groups excluding carboxylic acids is 1. The highest BCUT2D eigenvalue weighted by Gasteiger charge is 2.30. The number of aliphatic imine (C=N–C) groups is 1. The molecule has 0 aliphatic heterocycles. The Labute approximate surface area is 164 Å². The summed E-state index contributed by atoms with van der Waals surface area (Å²) in [7, 11) is 0. The molecule has 0 aliphatic rings. The van der Waals surface area contributed by atoms with Crippen LogP contribution in [0, 0.1) is 0 Å². The fourth-order valence-electron chi connectivity index (χ4n) is 2.30. The van der Waals surface area contributed by atoms with Crippen molar-refractivity contribution in [3.8, 4) is 5.75 Å². The molecule has 0 aliphatic carbocycles. The molecule has 0 fully saturated rings. The van der Waals surface area contributed by atoms with E-state index in [1.54, 1.807) is 13.0 Å². The third kappa shape index (κ3) is 6.24. The van der Waals surface area contributed by atoms with Gasteiger partial charge in [-0.25, -0.2) is 0 Å². The van der Waals surface area contributed by atoms with Crippen molar-refractivity contribution >= 4 is 33.6 Å². The molecule has 0 saturated carbocycles. The van der Waals surface area contributed by atoms with Gasteiger partial charge in [-0.3, -0.25) is 9.79 Å². The van der Waals surface area contributed by atoms with E-state index in [2.05, 4.69) is 20.4 Å². The first-order chi connectivity index (χ1) is 13.2. The van der Waals surface area contributed by atoms with Gasteiger partial charge in [0.05, 0.1) is 22.2 Å². The van der Waals surface area contributed by atoms with Gasteiger partial charge in [-0.1, -0.05) is 0 Å². The van der Waals surface area contributed by atoms with Crippen LogP contribution in [-0.2, 0) is 0 Å². The van der Waals surface area contributed by atoms with E-state index in [0.717, 1.165) is 10.6 Å². The third-order valence-electron chi connectivity index (χ3n) is 3.45. The number of rotatable bonds is 8. The number of amides is 1. The molecular formula is C18H20F3N3O3S. The average Bonchev–Trinajstić information content (AvgIpc) is 3.04. The first-order valence-electron chi connectivity index (χ1n) is 8.41. The van der Waals surface area contributed by atoms with Crippen LogP contribution in [0.3, 0.4) is 0 Å². The summed E-state index contributed by atoms with van der Waals surface area (Å²) in [6.45, 7) is 4.31. The Bertz CT molecular complexity index is 833. The van der Waals surface area contributed by atoms with Crippen molar-refractivity contribution in [1.82, 2.24) is 5.32 Å². The van der Waals surface area contributed by atoms with Gasteiger partial charge in [0.25, 0.3) is 5.91 Å². The van der Waals surface area contributed by atoms with Gasteiger partial charge in [-0.15, -0.1) is 24.5 Å². The molecule has 0 atom stereocenters. The normalized spacial score (nSPS) is 12.0. The average molecular weight is 415 g/mol. The maximum absolute atomic E-state index is 12.2. The van der Waals surface area contributed by atoms with E-state index >= 15 is 0 Å². The highest BCUT2D eigenvalue weighted by Crippen LogP contribution is 2.30. The summed E-state index contributed by atoms with van der Waals surface area (Å²) in [4.78, 5) is 17.0. The summed E-state index contributed by atoms with van der Waals surface area (Å²) in [6.07, 6.45) is -4.74. The van der Waals surface area contributed by atoms with E-state index in [1.165, 1.54) is 35.6 Å². The van der Waals surface area contributed by atoms with E-state index in [-0.39, 0.29) is 24.8 Å². The van der Waals surface area contributed by atoms with Crippen LogP contribution in [-0.4, -0.2) is 42.8 Å². The van der Waals surface area contributed by atoms with E-state index < -0.39 is 6.36 Å². The van der Waals surface area contributed by atoms with E-state index in [0.29, 0.717) is 22.8 Å². The quantitative estimate of drug-likeness (QED) is 0.571. The molecule has 0 bridgehead atoms. The zero-order chi connectivity index (χ0) is 20.7. The molecule has 0 radical (unpaired) electrons. The Hall–Kier alpha value is -2.59. The third-order valence-corrected chi connectivity index (χ3v) is 4.54. The highest BCUT2D eigenvalue weighted by molar-refractivity contribution is 7.18. The molecule has 10 heteroatoms. The van der Waals surface area contributed by atoms with Crippen molar-refractivity contribution in [2.45, 2.75) is 20.2 Å². The number of hydrogen-bond donors (Lipinski definition) is 3. The van der Waals surface area contributed by atoms with E-state index in [9.17, 15) is 18.0 Å². The fraction of sp³-hybridized carbons (Fsp3) is 0.333. The molecule has 152 valence electrons. The molecule has 1 heterocycles. The molecular weight excluding hydrogens is 395 g/mol. The van der Waals surface area contributed by atoms with Crippen LogP contribution in [0.25, 0.3) is 0 Å². The second kappa shape index (κ2) is 9.56. The number of anilines is 1. The molecule has 0 saturated heterocycles. The zero-order valence-corrected chi connectivity index (χ0v) is 16.1. The van der Waals surface area contributed by atoms with Gasteiger partial charge in [-0.05, 0) is 44.2 Å². The Morgan fingerprint density at radius 3 is 2.54 bits per heavy atom. The minimum atomic E-state index is -4.74. The standard InChI is InChI=1S/C18H20F3N3O3S/c1-3-22-17-14(10-15(28-17)16(26)23-8-9-25)11(2)24-12-4-6-13(7-5-12)27-18(19,20)21/h4-7,10,22,25H,3,8-9H2,1-2H3,(H,23,26). The lowest BCUT2D eigenvalue weighted by Crippen LogP contribution is -2.25. The number of hydrogen-bond acceptors (Lipinski definition) is 6. The number of carbonyl (C=O) groups is 1. The number of ether oxygens (including phenoxy) is 1. The SMILES string of the molecule is CCNc1sc(C(=O)NCCO)cc1C(C)=Nc1ccc(OC(F)(F)F)cc1. The largest absolute Gasteiger partial charge is 0.573 e. The zero-order valence-electron chi connectivity index (χ0n) is 15.3. The van der Waals surface area contributed by atoms with Crippen molar-refractivity contribution in [3.63, 3.8) is 0 Å². The maximum atomic E-state index is 12.2. The second-order valence-electron chi connectivity index (χ2n) is 5.60. The maximum Gasteiger partial charge on any atom is 0.573 e. The van der Waals surface area contributed by atoms with Crippen LogP contribution in [0.2, 0.25) is 0 Å². The first-order valence-corrected chi connectivity index (χ1v) is 9.23. The summed E-state index contributed by atoms with van der Waals surface area (Å²) in [5.74, 6) is -0.623. The summed E-state index contributed by atoms with van der Waals surface area (Å²) in [6, 6.07) is 6.89. The van der Waals surface area contributed by atoms with Crippen molar-refractivity contribution < 1.29 is 27.8 Å². The summed E-state index contributed by atoms with van der Waals surface area (Å²) >= 11 is 1.26. The van der Waals surface area contributed by atoms with Gasteiger partial charge >= 0.3 is 6.36 Å². The number of nitrogens with zero attached hydrogens (tertiary/aromatic N) is 1. The molecule has 6 nitrogen and oxygen atoms in total. The Morgan fingerprint density at radius 1 is 1.29 bits per heavy atom. The van der Waals surface area contributed by atoms with Crippen LogP contribution < -0.4 is 15.4 Å². The molecule has 28 heavy (non-hydrogen) atoms. The summed E-state index contributed by atoms with van der Waals surface area (Å²) in [5.41, 5.74) is 1.77. The van der Waals surface area contributed by atoms with Gasteiger partial charge in [0.2, 0.25) is 0 Å². The van der Waals surface area contributed by atoms with Crippen molar-refractivity contribution in [1.29, 1.82) is 0 Å². The van der Waals surface area contributed by atoms with Gasteiger partial charge in [0.15, 0.2) is 0 Å². The molecule has 1 aromatic heterocycles. The van der Waals surface area contributed by atoms with Crippen LogP contribution in [0.1, 0.15) is 29.1 Å². The first kappa shape index (κ1) is 21.7. The van der Waals surface area contributed by atoms with Gasteiger partial charge in [-0.2, -0.15) is 0 Å². The van der Waals surface area contributed by atoms with Crippen LogP contribution >= 0.6 is 11.3 Å². The summed E-state index contributed by atoms with van der Waals surface area (Å²) < 4.78 is 40.5. The molecule has 2 rings (SSSR count). The minimum Gasteiger partial charge on any atom is -0.406 e. The molecule has 0 spiro atoms. The van der Waals surface area contributed by atoms with Crippen molar-refractivity contribution in [2.75, 3.05) is 25.0 Å². The number of nitrogens with one attached hydrogen (secondary N) is 2. The van der Waals surface area contributed by atoms with E-state index in [4.69, 9.17) is 5.11 Å². The summed E-state index contributed by atoms with van der Waals surface area (Å²) in [5, 5.41) is 15.4. The van der Waals surface area contributed by atoms with Gasteiger partial charge in [0.1, 0.15) is 5.75 Å². The molecule has 3 N–H and O–H groups in total. The van der Waals surface area contributed by atoms with E-state index in [1.807, 2.05) is 6.92 Å². The van der Waals surface area contributed by atoms with Gasteiger partial charge in [0, 0.05) is 24.4 Å². The predicted molar refractivity (Wildman–Crippen MR) is 103 cm³/mol. The lowest BCUT2D eigenvalue weighted by atomic mass is 10.2. The lowest BCUT2D eigenvalue weighted by Gasteiger charge is -2.08. The number of aliphatic hydroxyl groups is 1. The minimum absolute atomic E-state index is 0.154. The smallest absolute Gasteiger partial charge is 0.406 e. The number of benzene rings is 1. The molecule has 0 unspecified atom stereocenters. The van der Waals surface area contributed by atoms with Crippen LogP contribution in [0.5, 0.6) is 5.75 Å². The number of aliphatic hydroxyl groups excluding tert-OH is 1. The highest BCUT2D eigenvalue weighted by atomic mass is 32.1. The van der Waals surface area contributed by atoms with Crippen LogP contribution in [0.15, 0.2) is 35.3 Å². The number of alkyl halides is 3. The topological polar surface area (TPSA) is 83.0 Å². The second-order valence-corrected chi connectivity index (χ2v) is 6.65. The van der Waals surface area contributed by atoms with Gasteiger partial charge < -0.3 is 20.5 Å². The molecule has 1 amide bonds. The predicted octanol–water partition coefficient (Wildman–Crippen LogP) is 3.94. The molecule has 1 aromatic carbocycles. The Balaban J connectivity index is 2.25. The Morgan fingerprint density at radius 2 is 1.96 bits per heavy atom. The number of thiophene rings is 1. The van der Waals surface area contributed by atoms with Crippen molar-refractivity contribution in [2.24, 2.45) is 4.99 Å². The monoisotopic (exact) mass is 415 g/mol. The molecule has 2 aromatic rings. The van der Waals surface area contributed by atoms with Crippen molar-refractivity contribution in [3.05, 3.63) is 40.8 Å². The van der Waals surface area contributed by atoms with Crippen LogP contribution in [0.4, 0.5) is 23.9 Å². The lowest BCUT2D eigenvalue weighted by molar-refractivity contribution is -0.274.